The third kappa shape index (κ3) is 5.21. The van der Waals surface area contributed by atoms with Crippen molar-refractivity contribution >= 4 is 17.6 Å². The fourth-order valence-corrected chi connectivity index (χ4v) is 3.57. The Labute approximate surface area is 171 Å². The van der Waals surface area contributed by atoms with Crippen LogP contribution >= 0.6 is 0 Å². The molecule has 3 rings (SSSR count). The van der Waals surface area contributed by atoms with Crippen LogP contribution < -0.4 is 5.32 Å². The van der Waals surface area contributed by atoms with Crippen LogP contribution in [0.15, 0.2) is 42.6 Å². The smallest absolute Gasteiger partial charge is 0.259 e. The number of nitrogens with one attached hydrogen (secondary N) is 1. The number of nitrogens with zero attached hydrogens (tertiary/aromatic N) is 4. The minimum atomic E-state index is -0.682. The van der Waals surface area contributed by atoms with Crippen molar-refractivity contribution in [1.29, 1.82) is 0 Å². The van der Waals surface area contributed by atoms with E-state index in [1.165, 1.54) is 7.11 Å². The van der Waals surface area contributed by atoms with E-state index in [0.29, 0.717) is 12.4 Å². The van der Waals surface area contributed by atoms with Gasteiger partial charge in [0.15, 0.2) is 6.10 Å². The van der Waals surface area contributed by atoms with Crippen molar-refractivity contribution in [2.24, 2.45) is 0 Å². The maximum atomic E-state index is 12.8. The number of piperidine rings is 1. The summed E-state index contributed by atoms with van der Waals surface area (Å²) in [5.41, 5.74) is 0.803. The van der Waals surface area contributed by atoms with Gasteiger partial charge in [0.05, 0.1) is 18.8 Å². The molecule has 1 aromatic heterocycles. The number of hydrogen-bond donors (Lipinski definition) is 1. The zero-order chi connectivity index (χ0) is 20.8. The second kappa shape index (κ2) is 9.67. The van der Waals surface area contributed by atoms with Crippen LogP contribution in [0.1, 0.15) is 30.6 Å². The highest BCUT2D eigenvalue weighted by atomic mass is 16.5. The van der Waals surface area contributed by atoms with Gasteiger partial charge in [0.1, 0.15) is 5.82 Å². The van der Waals surface area contributed by atoms with Crippen LogP contribution in [0.2, 0.25) is 0 Å². The number of ether oxygens (including phenoxy) is 1. The lowest BCUT2D eigenvalue weighted by atomic mass is 10.1. The molecule has 8 heteroatoms. The summed E-state index contributed by atoms with van der Waals surface area (Å²) >= 11 is 0. The zero-order valence-electron chi connectivity index (χ0n) is 17.2. The molecule has 1 atom stereocenters. The van der Waals surface area contributed by atoms with Crippen LogP contribution in [-0.4, -0.2) is 72.2 Å². The number of aromatic nitrogens is 2. The molecule has 1 N–H and O–H groups in total. The first-order chi connectivity index (χ1) is 14.0. The highest BCUT2D eigenvalue weighted by molar-refractivity contribution is 5.94. The third-order valence-corrected chi connectivity index (χ3v) is 5.26. The second-order valence-corrected chi connectivity index (χ2v) is 7.47. The fourth-order valence-electron chi connectivity index (χ4n) is 3.57. The van der Waals surface area contributed by atoms with Gasteiger partial charge in [-0.3, -0.25) is 14.5 Å². The molecule has 2 heterocycles. The first-order valence-corrected chi connectivity index (χ1v) is 9.84. The molecule has 0 saturated carbocycles. The van der Waals surface area contributed by atoms with Gasteiger partial charge in [0, 0.05) is 40.4 Å². The van der Waals surface area contributed by atoms with Gasteiger partial charge in [-0.25, -0.2) is 4.68 Å². The fraction of sp³-hybridized carbons (Fsp3) is 0.476. The number of benzene rings is 1. The Hall–Kier alpha value is -2.71. The minimum absolute atomic E-state index is 0.113. The number of rotatable bonds is 7. The number of carbonyl (C=O) groups excluding carboxylic acids is 2. The number of methoxy groups -OCH3 is 1. The molecule has 1 aliphatic rings. The second-order valence-electron chi connectivity index (χ2n) is 7.47. The Morgan fingerprint density at radius 2 is 1.90 bits per heavy atom. The predicted octanol–water partition coefficient (Wildman–Crippen LogP) is 1.93. The van der Waals surface area contributed by atoms with Crippen molar-refractivity contribution in [2.75, 3.05) is 46.2 Å². The molecule has 0 aliphatic carbocycles. The molecule has 1 aliphatic heterocycles. The molecule has 29 heavy (non-hydrogen) atoms. The van der Waals surface area contributed by atoms with Gasteiger partial charge in [-0.2, -0.15) is 5.10 Å². The van der Waals surface area contributed by atoms with Crippen molar-refractivity contribution in [3.8, 4) is 0 Å². The van der Waals surface area contributed by atoms with Crippen molar-refractivity contribution in [2.45, 2.75) is 25.0 Å². The van der Waals surface area contributed by atoms with E-state index in [2.05, 4.69) is 15.3 Å². The summed E-state index contributed by atoms with van der Waals surface area (Å²) in [7, 11) is 5.08. The van der Waals surface area contributed by atoms with Gasteiger partial charge in [-0.1, -0.05) is 30.3 Å². The summed E-state index contributed by atoms with van der Waals surface area (Å²) < 4.78 is 7.29. The van der Waals surface area contributed by atoms with Gasteiger partial charge < -0.3 is 15.0 Å². The topological polar surface area (TPSA) is 79.7 Å². The molecule has 0 radical (unpaired) electrons. The van der Waals surface area contributed by atoms with E-state index >= 15 is 0 Å². The van der Waals surface area contributed by atoms with Gasteiger partial charge >= 0.3 is 0 Å². The van der Waals surface area contributed by atoms with Crippen molar-refractivity contribution in [1.82, 2.24) is 19.6 Å². The highest BCUT2D eigenvalue weighted by Gasteiger charge is 2.26. The molecule has 0 bridgehead atoms. The number of carbonyl (C=O) groups is 2. The maximum Gasteiger partial charge on any atom is 0.259 e. The molecule has 2 amide bonds. The van der Waals surface area contributed by atoms with E-state index < -0.39 is 6.10 Å². The summed E-state index contributed by atoms with van der Waals surface area (Å²) in [5, 5.41) is 7.39. The lowest BCUT2D eigenvalue weighted by molar-refractivity contribution is -0.130. The monoisotopic (exact) mass is 399 g/mol. The standard InChI is InChI=1S/C21H29N5O3/c1-24(2)19(27)15-25-13-10-17(11-14-25)26-18(9-12-22-26)23-21(28)20(29-3)16-7-5-4-6-8-16/h4-9,12,17,20H,10-11,13-15H2,1-3H3,(H,23,28)/t20-/m0/s1. The number of anilines is 1. The quantitative estimate of drug-likeness (QED) is 0.770. The average molecular weight is 399 g/mol. The van der Waals surface area contributed by atoms with Crippen molar-refractivity contribution < 1.29 is 14.3 Å². The van der Waals surface area contributed by atoms with E-state index in [1.54, 1.807) is 31.3 Å². The average Bonchev–Trinajstić information content (AvgIpc) is 3.18. The van der Waals surface area contributed by atoms with Gasteiger partial charge in [0.2, 0.25) is 5.91 Å². The molecule has 1 aromatic carbocycles. The molecular weight excluding hydrogens is 370 g/mol. The van der Waals surface area contributed by atoms with E-state index in [0.717, 1.165) is 31.5 Å². The van der Waals surface area contributed by atoms with E-state index in [-0.39, 0.29) is 17.9 Å². The lowest BCUT2D eigenvalue weighted by Crippen LogP contribution is -2.41. The molecule has 2 aromatic rings. The Morgan fingerprint density at radius 1 is 1.21 bits per heavy atom. The number of likely N-dealkylation sites (tertiary alicyclic amines) is 1. The molecule has 0 spiro atoms. The third-order valence-electron chi connectivity index (χ3n) is 5.26. The van der Waals surface area contributed by atoms with Gasteiger partial charge in [-0.05, 0) is 18.4 Å². The summed E-state index contributed by atoms with van der Waals surface area (Å²) in [4.78, 5) is 28.5. The molecule has 8 nitrogen and oxygen atoms in total. The van der Waals surface area contributed by atoms with Gasteiger partial charge in [0.25, 0.3) is 5.91 Å². The summed E-state index contributed by atoms with van der Waals surface area (Å²) in [6.45, 7) is 2.08. The Morgan fingerprint density at radius 3 is 2.52 bits per heavy atom. The van der Waals surface area contributed by atoms with E-state index in [4.69, 9.17) is 4.74 Å². The Balaban J connectivity index is 1.61. The zero-order valence-corrected chi connectivity index (χ0v) is 17.2. The molecular formula is C21H29N5O3. The van der Waals surface area contributed by atoms with Crippen molar-refractivity contribution in [3.63, 3.8) is 0 Å². The number of likely N-dealkylation sites (N-methyl/N-ethyl adjacent to an activating group) is 1. The molecule has 1 fully saturated rings. The van der Waals surface area contributed by atoms with Crippen LogP contribution in [0.4, 0.5) is 5.82 Å². The number of hydrogen-bond acceptors (Lipinski definition) is 5. The first kappa shape index (κ1) is 21.0. The van der Waals surface area contributed by atoms with Crippen LogP contribution in [0.5, 0.6) is 0 Å². The van der Waals surface area contributed by atoms with Crippen LogP contribution in [-0.2, 0) is 14.3 Å². The normalized spacial score (nSPS) is 16.4. The molecule has 1 saturated heterocycles. The van der Waals surface area contributed by atoms with Crippen molar-refractivity contribution in [3.05, 3.63) is 48.2 Å². The van der Waals surface area contributed by atoms with E-state index in [1.807, 2.05) is 35.0 Å². The van der Waals surface area contributed by atoms with Gasteiger partial charge in [-0.15, -0.1) is 0 Å². The minimum Gasteiger partial charge on any atom is -0.367 e. The SMILES string of the molecule is CO[C@H](C(=O)Nc1ccnn1C1CCN(CC(=O)N(C)C)CC1)c1ccccc1. The predicted molar refractivity (Wildman–Crippen MR) is 110 cm³/mol. The van der Waals surface area contributed by atoms with Crippen LogP contribution in [0, 0.1) is 0 Å². The maximum absolute atomic E-state index is 12.8. The van der Waals surface area contributed by atoms with E-state index in [9.17, 15) is 9.59 Å². The molecule has 0 unspecified atom stereocenters. The summed E-state index contributed by atoms with van der Waals surface area (Å²) in [6, 6.07) is 11.4. The summed E-state index contributed by atoms with van der Waals surface area (Å²) in [6.07, 6.45) is 2.76. The Kier molecular flexibility index (Phi) is 7.00. The first-order valence-electron chi connectivity index (χ1n) is 9.84. The van der Waals surface area contributed by atoms with Crippen LogP contribution in [0.3, 0.4) is 0 Å². The largest absolute Gasteiger partial charge is 0.367 e. The summed E-state index contributed by atoms with van der Waals surface area (Å²) in [5.74, 6) is 0.548. The van der Waals surface area contributed by atoms with Crippen LogP contribution in [0.25, 0.3) is 0 Å². The number of amides is 2. The molecule has 156 valence electrons. The Bertz CT molecular complexity index is 813. The lowest BCUT2D eigenvalue weighted by Gasteiger charge is -2.32. The highest BCUT2D eigenvalue weighted by Crippen LogP contribution is 2.26.